The second-order valence-corrected chi connectivity index (χ2v) is 8.72. The average Bonchev–Trinajstić information content (AvgIpc) is 2.86. The quantitative estimate of drug-likeness (QED) is 0.448. The Kier molecular flexibility index (Phi) is 7.75. The van der Waals surface area contributed by atoms with Crippen LogP contribution >= 0.6 is 0 Å². The summed E-state index contributed by atoms with van der Waals surface area (Å²) < 4.78 is 11.5. The maximum atomic E-state index is 12.2. The van der Waals surface area contributed by atoms with Crippen molar-refractivity contribution in [2.75, 3.05) is 31.6 Å². The Bertz CT molecular complexity index is 1060. The molecule has 1 unspecified atom stereocenters. The van der Waals surface area contributed by atoms with Crippen molar-refractivity contribution in [2.45, 2.75) is 38.5 Å². The summed E-state index contributed by atoms with van der Waals surface area (Å²) in [5.41, 5.74) is 2.31. The summed E-state index contributed by atoms with van der Waals surface area (Å²) in [4.78, 5) is 25.5. The zero-order chi connectivity index (χ0) is 23.9. The highest BCUT2D eigenvalue weighted by atomic mass is 16.5. The predicted octanol–water partition coefficient (Wildman–Crippen LogP) is 3.95. The summed E-state index contributed by atoms with van der Waals surface area (Å²) in [6.45, 7) is 6.26. The van der Waals surface area contributed by atoms with Crippen molar-refractivity contribution in [1.29, 1.82) is 0 Å². The van der Waals surface area contributed by atoms with Gasteiger partial charge < -0.3 is 19.2 Å². The molecule has 0 spiro atoms. The van der Waals surface area contributed by atoms with Crippen molar-refractivity contribution >= 4 is 12.0 Å². The molecule has 1 aliphatic rings. The van der Waals surface area contributed by atoms with Crippen molar-refractivity contribution < 1.29 is 14.3 Å². The molecule has 1 aliphatic heterocycles. The van der Waals surface area contributed by atoms with E-state index < -0.39 is 6.04 Å². The van der Waals surface area contributed by atoms with Crippen molar-refractivity contribution in [3.05, 3.63) is 78.4 Å². The van der Waals surface area contributed by atoms with Crippen molar-refractivity contribution in [3.63, 3.8) is 0 Å². The monoisotopic (exact) mass is 460 g/mol. The molecule has 0 bridgehead atoms. The largest absolute Gasteiger partial charge is 0.493 e. The van der Waals surface area contributed by atoms with Crippen molar-refractivity contribution in [3.8, 4) is 11.5 Å². The Balaban J connectivity index is 1.62. The average molecular weight is 461 g/mol. The fraction of sp³-hybridized carbons (Fsp3) is 0.370. The maximum Gasteiger partial charge on any atom is 0.163 e. The van der Waals surface area contributed by atoms with Gasteiger partial charge in [0.1, 0.15) is 12.3 Å². The first kappa shape index (κ1) is 23.7. The number of hydrogen-bond acceptors (Lipinski definition) is 7. The number of nitrogens with zero attached hydrogens (tertiary/aromatic N) is 4. The van der Waals surface area contributed by atoms with Crippen molar-refractivity contribution in [2.24, 2.45) is 0 Å². The third-order valence-electron chi connectivity index (χ3n) is 6.05. The minimum atomic E-state index is -0.479. The molecule has 2 aromatic carbocycles. The molecule has 2 atom stereocenters. The van der Waals surface area contributed by atoms with Gasteiger partial charge in [-0.1, -0.05) is 30.3 Å². The molecule has 7 heteroatoms. The van der Waals surface area contributed by atoms with Gasteiger partial charge in [-0.15, -0.1) is 0 Å². The molecule has 34 heavy (non-hydrogen) atoms. The van der Waals surface area contributed by atoms with Crippen molar-refractivity contribution in [1.82, 2.24) is 14.9 Å². The third-order valence-corrected chi connectivity index (χ3v) is 6.05. The molecule has 3 aromatic rings. The van der Waals surface area contributed by atoms with Gasteiger partial charge in [0.2, 0.25) is 0 Å². The number of anilines is 1. The zero-order valence-electron chi connectivity index (χ0n) is 20.0. The van der Waals surface area contributed by atoms with Gasteiger partial charge in [-0.05, 0) is 44.0 Å². The number of rotatable bonds is 9. The summed E-state index contributed by atoms with van der Waals surface area (Å²) in [5.74, 6) is 2.00. The highest BCUT2D eigenvalue weighted by Crippen LogP contribution is 2.34. The van der Waals surface area contributed by atoms with Crippen LogP contribution < -0.4 is 14.4 Å². The summed E-state index contributed by atoms with van der Waals surface area (Å²) in [6.07, 6.45) is 5.21. The first-order valence-corrected chi connectivity index (χ1v) is 11.7. The number of methoxy groups -OCH3 is 1. The molecule has 1 fully saturated rings. The van der Waals surface area contributed by atoms with E-state index >= 15 is 0 Å². The Labute approximate surface area is 201 Å². The minimum absolute atomic E-state index is 0.0473. The van der Waals surface area contributed by atoms with Crippen LogP contribution in [0.1, 0.15) is 31.3 Å². The Hall–Kier alpha value is -3.45. The second-order valence-electron chi connectivity index (χ2n) is 8.72. The summed E-state index contributed by atoms with van der Waals surface area (Å²) in [6, 6.07) is 17.9. The number of aromatic nitrogens is 2. The second kappa shape index (κ2) is 11.1. The van der Waals surface area contributed by atoms with Gasteiger partial charge in [0, 0.05) is 49.8 Å². The van der Waals surface area contributed by atoms with Crippen LogP contribution in [0.4, 0.5) is 5.69 Å². The lowest BCUT2D eigenvalue weighted by atomic mass is 9.99. The Morgan fingerprint density at radius 2 is 1.79 bits per heavy atom. The normalized spacial score (nSPS) is 17.4. The van der Waals surface area contributed by atoms with Crippen LogP contribution in [0.3, 0.4) is 0 Å². The Morgan fingerprint density at radius 1 is 1.03 bits per heavy atom. The van der Waals surface area contributed by atoms with E-state index in [0.29, 0.717) is 12.4 Å². The molecule has 4 rings (SSSR count). The van der Waals surface area contributed by atoms with Crippen LogP contribution in [-0.4, -0.2) is 60.0 Å². The molecule has 0 radical (unpaired) electrons. The molecule has 0 saturated carbocycles. The zero-order valence-corrected chi connectivity index (χ0v) is 20.0. The minimum Gasteiger partial charge on any atom is -0.493 e. The highest BCUT2D eigenvalue weighted by Gasteiger charge is 2.34. The predicted molar refractivity (Wildman–Crippen MR) is 132 cm³/mol. The fourth-order valence-corrected chi connectivity index (χ4v) is 4.50. The first-order chi connectivity index (χ1) is 16.6. The standard InChI is InChI=1S/C27H32N4O3/c1-20(2)34-26-17-22(10-11-25(26)33-3)30-14-15-31(24(19-32)27-28-12-7-13-29-27)23(18-30)16-21-8-5-4-6-9-21/h4-13,17,19-20,23-24H,14-16,18H2,1-3H3/t23?,24-/m1/s1. The van der Waals surface area contributed by atoms with Gasteiger partial charge in [-0.25, -0.2) is 9.97 Å². The van der Waals surface area contributed by atoms with E-state index in [-0.39, 0.29) is 12.1 Å². The third kappa shape index (κ3) is 5.54. The topological polar surface area (TPSA) is 67.8 Å². The summed E-state index contributed by atoms with van der Waals surface area (Å²) in [5, 5.41) is 0. The van der Waals surface area contributed by atoms with E-state index in [4.69, 9.17) is 9.47 Å². The SMILES string of the molecule is COc1ccc(N2CCN([C@H](C=O)c3ncccn3)C(Cc3ccccc3)C2)cc1OC(C)C. The van der Waals surface area contributed by atoms with Crippen LogP contribution in [0.2, 0.25) is 0 Å². The first-order valence-electron chi connectivity index (χ1n) is 11.7. The number of piperazine rings is 1. The van der Waals surface area contributed by atoms with Gasteiger partial charge in [0.15, 0.2) is 17.3 Å². The molecule has 0 amide bonds. The van der Waals surface area contributed by atoms with Crippen LogP contribution in [0.25, 0.3) is 0 Å². The van der Waals surface area contributed by atoms with Gasteiger partial charge in [-0.2, -0.15) is 0 Å². The smallest absolute Gasteiger partial charge is 0.163 e. The molecule has 7 nitrogen and oxygen atoms in total. The maximum absolute atomic E-state index is 12.2. The van der Waals surface area contributed by atoms with Crippen LogP contribution in [0, 0.1) is 0 Å². The van der Waals surface area contributed by atoms with Crippen LogP contribution in [-0.2, 0) is 11.2 Å². The number of ether oxygens (including phenoxy) is 2. The lowest BCUT2D eigenvalue weighted by Gasteiger charge is -2.44. The van der Waals surface area contributed by atoms with Gasteiger partial charge in [-0.3, -0.25) is 4.90 Å². The molecule has 0 N–H and O–H groups in total. The van der Waals surface area contributed by atoms with Gasteiger partial charge in [0.05, 0.1) is 13.2 Å². The molecule has 2 heterocycles. The fourth-order valence-electron chi connectivity index (χ4n) is 4.50. The molecule has 0 aliphatic carbocycles. The van der Waals surface area contributed by atoms with Crippen LogP contribution in [0.15, 0.2) is 67.0 Å². The summed E-state index contributed by atoms with van der Waals surface area (Å²) in [7, 11) is 1.65. The van der Waals surface area contributed by atoms with E-state index in [0.717, 1.165) is 43.0 Å². The van der Waals surface area contributed by atoms with Crippen LogP contribution in [0.5, 0.6) is 11.5 Å². The molecule has 1 saturated heterocycles. The number of carbonyl (C=O) groups is 1. The highest BCUT2D eigenvalue weighted by molar-refractivity contribution is 5.60. The van der Waals surface area contributed by atoms with E-state index in [9.17, 15) is 4.79 Å². The molecular formula is C27H32N4O3. The Morgan fingerprint density at radius 3 is 2.47 bits per heavy atom. The van der Waals surface area contributed by atoms with Gasteiger partial charge in [0.25, 0.3) is 0 Å². The molecule has 1 aromatic heterocycles. The number of carbonyl (C=O) groups excluding carboxylic acids is 1. The molecule has 178 valence electrons. The van der Waals surface area contributed by atoms with E-state index in [1.165, 1.54) is 5.56 Å². The van der Waals surface area contributed by atoms with E-state index in [1.54, 1.807) is 25.6 Å². The summed E-state index contributed by atoms with van der Waals surface area (Å²) >= 11 is 0. The van der Waals surface area contributed by atoms with E-state index in [2.05, 4.69) is 50.1 Å². The molecular weight excluding hydrogens is 428 g/mol. The van der Waals surface area contributed by atoms with E-state index in [1.807, 2.05) is 32.0 Å². The number of hydrogen-bond donors (Lipinski definition) is 0. The lowest BCUT2D eigenvalue weighted by molar-refractivity contribution is -0.114. The lowest BCUT2D eigenvalue weighted by Crippen LogP contribution is -2.55. The number of benzene rings is 2. The number of aldehydes is 1. The van der Waals surface area contributed by atoms with Gasteiger partial charge >= 0.3 is 0 Å².